The molecule has 0 aromatic carbocycles. The van der Waals surface area contributed by atoms with Crippen molar-refractivity contribution in [2.24, 2.45) is 5.73 Å². The summed E-state index contributed by atoms with van der Waals surface area (Å²) in [6, 6.07) is 2.35. The molecule has 0 saturated heterocycles. The first kappa shape index (κ1) is 15.5. The third-order valence-electron chi connectivity index (χ3n) is 4.99. The molecule has 0 radical (unpaired) electrons. The summed E-state index contributed by atoms with van der Waals surface area (Å²) in [6.07, 6.45) is 5.44. The van der Waals surface area contributed by atoms with Crippen LogP contribution in [-0.2, 0) is 30.7 Å². The summed E-state index contributed by atoms with van der Waals surface area (Å²) in [4.78, 5) is 9.19. The number of methoxy groups -OCH3 is 1. The number of aromatic amines is 1. The molecule has 2 aromatic heterocycles. The molecule has 0 unspecified atom stereocenters. The predicted molar refractivity (Wildman–Crippen MR) is 90.6 cm³/mol. The van der Waals surface area contributed by atoms with Crippen molar-refractivity contribution in [3.05, 3.63) is 34.5 Å². The summed E-state index contributed by atoms with van der Waals surface area (Å²) in [5.74, 6) is 1.99. The number of ether oxygens (including phenoxy) is 1. The molecule has 1 fully saturated rings. The minimum absolute atomic E-state index is 0.305. The lowest BCUT2D eigenvalue weighted by atomic mass is 9.78. The van der Waals surface area contributed by atoms with Crippen molar-refractivity contribution < 1.29 is 4.74 Å². The zero-order chi connectivity index (χ0) is 16.5. The Kier molecular flexibility index (Phi) is 4.20. The highest BCUT2D eigenvalue weighted by atomic mass is 16.5. The predicted octanol–water partition coefficient (Wildman–Crippen LogP) is 1.65. The van der Waals surface area contributed by atoms with E-state index in [1.54, 1.807) is 7.11 Å². The van der Waals surface area contributed by atoms with Crippen molar-refractivity contribution in [3.8, 4) is 0 Å². The maximum Gasteiger partial charge on any atom is 0.156 e. The molecule has 2 aliphatic rings. The number of hydrogen-bond acceptors (Lipinski definition) is 6. The molecule has 2 aliphatic carbocycles. The lowest BCUT2D eigenvalue weighted by Gasteiger charge is -2.32. The average molecular weight is 328 g/mol. The maximum absolute atomic E-state index is 5.92. The van der Waals surface area contributed by atoms with E-state index < -0.39 is 0 Å². The second-order valence-electron chi connectivity index (χ2n) is 6.79. The number of aromatic nitrogens is 4. The largest absolute Gasteiger partial charge is 0.377 e. The molecule has 2 heterocycles. The summed E-state index contributed by atoms with van der Waals surface area (Å²) in [7, 11) is 1.66. The van der Waals surface area contributed by atoms with Crippen molar-refractivity contribution in [2.75, 3.05) is 12.4 Å². The Morgan fingerprint density at radius 1 is 1.33 bits per heavy atom. The molecule has 2 aromatic rings. The minimum atomic E-state index is 0.305. The van der Waals surface area contributed by atoms with Gasteiger partial charge in [-0.15, -0.1) is 0 Å². The zero-order valence-corrected chi connectivity index (χ0v) is 14.0. The molecule has 0 atom stereocenters. The smallest absolute Gasteiger partial charge is 0.156 e. The van der Waals surface area contributed by atoms with Crippen LogP contribution in [0, 0.1) is 0 Å². The Morgan fingerprint density at radius 3 is 3.00 bits per heavy atom. The van der Waals surface area contributed by atoms with Gasteiger partial charge in [0.05, 0.1) is 12.2 Å². The van der Waals surface area contributed by atoms with E-state index >= 15 is 0 Å². The van der Waals surface area contributed by atoms with Crippen LogP contribution in [0.4, 0.5) is 5.82 Å². The van der Waals surface area contributed by atoms with E-state index in [2.05, 4.69) is 25.5 Å². The monoisotopic (exact) mass is 328 g/mol. The molecule has 0 aliphatic heterocycles. The van der Waals surface area contributed by atoms with Crippen LogP contribution in [0.5, 0.6) is 0 Å². The van der Waals surface area contributed by atoms with Gasteiger partial charge in [0.15, 0.2) is 5.82 Å². The molecular formula is C17H24N6O. The first-order valence-corrected chi connectivity index (χ1v) is 8.64. The zero-order valence-electron chi connectivity index (χ0n) is 14.0. The Bertz CT molecular complexity index is 722. The van der Waals surface area contributed by atoms with Gasteiger partial charge in [0.2, 0.25) is 0 Å². The highest BCUT2D eigenvalue weighted by molar-refractivity contribution is 5.40. The number of nitrogens with zero attached hydrogens (tertiary/aromatic N) is 3. The van der Waals surface area contributed by atoms with E-state index in [4.69, 9.17) is 10.5 Å². The van der Waals surface area contributed by atoms with Gasteiger partial charge in [-0.05, 0) is 37.7 Å². The normalized spacial score (nSPS) is 22.2. The lowest BCUT2D eigenvalue weighted by molar-refractivity contribution is 0.177. The molecular weight excluding hydrogens is 304 g/mol. The van der Waals surface area contributed by atoms with Crippen LogP contribution in [0.15, 0.2) is 6.07 Å². The van der Waals surface area contributed by atoms with E-state index in [0.29, 0.717) is 30.9 Å². The molecule has 7 heteroatoms. The number of rotatable bonds is 6. The Labute approximate surface area is 141 Å². The highest BCUT2D eigenvalue weighted by Gasteiger charge is 2.29. The summed E-state index contributed by atoms with van der Waals surface area (Å²) in [6.45, 7) is 1.10. The number of nitrogens with two attached hydrogens (primary N) is 1. The average Bonchev–Trinajstić information content (AvgIpc) is 3.14. The Balaban J connectivity index is 1.50. The van der Waals surface area contributed by atoms with E-state index in [1.807, 2.05) is 6.07 Å². The van der Waals surface area contributed by atoms with Crippen LogP contribution in [0.2, 0.25) is 0 Å². The second-order valence-corrected chi connectivity index (χ2v) is 6.79. The number of anilines is 1. The first-order valence-electron chi connectivity index (χ1n) is 8.64. The van der Waals surface area contributed by atoms with Crippen LogP contribution in [0.25, 0.3) is 0 Å². The fourth-order valence-electron chi connectivity index (χ4n) is 3.62. The summed E-state index contributed by atoms with van der Waals surface area (Å²) in [5, 5.41) is 11.0. The van der Waals surface area contributed by atoms with E-state index in [9.17, 15) is 0 Å². The Hall–Kier alpha value is -1.99. The van der Waals surface area contributed by atoms with Gasteiger partial charge in [-0.25, -0.2) is 9.97 Å². The lowest BCUT2D eigenvalue weighted by Crippen LogP contribution is -2.35. The van der Waals surface area contributed by atoms with Crippen LogP contribution in [0.1, 0.15) is 53.7 Å². The molecule has 0 spiro atoms. The standard InChI is InChI=1S/C17H24N6O/c1-24-9-17-20-14(10-5-11(18)6-10)7-16(21-17)19-8-15-12-3-2-4-13(12)22-23-15/h7,10-11H,2-6,8-9,18H2,1H3,(H,22,23)(H,19,20,21). The summed E-state index contributed by atoms with van der Waals surface area (Å²) >= 11 is 0. The topological polar surface area (TPSA) is 102 Å². The SMILES string of the molecule is COCc1nc(NCc2n[nH]c3c2CCC3)cc(C2CC(N)C2)n1. The third kappa shape index (κ3) is 3.01. The molecule has 128 valence electrons. The van der Waals surface area contributed by atoms with E-state index in [0.717, 1.165) is 42.9 Å². The van der Waals surface area contributed by atoms with Gasteiger partial charge in [0.1, 0.15) is 12.4 Å². The van der Waals surface area contributed by atoms with Gasteiger partial charge in [0, 0.05) is 36.5 Å². The number of fused-ring (bicyclic) bond motifs is 1. The van der Waals surface area contributed by atoms with E-state index in [1.165, 1.54) is 17.7 Å². The maximum atomic E-state index is 5.92. The van der Waals surface area contributed by atoms with Crippen LogP contribution in [0.3, 0.4) is 0 Å². The molecule has 4 rings (SSSR count). The molecule has 0 bridgehead atoms. The molecule has 1 saturated carbocycles. The quantitative estimate of drug-likeness (QED) is 0.745. The van der Waals surface area contributed by atoms with Crippen molar-refractivity contribution in [2.45, 2.75) is 57.2 Å². The van der Waals surface area contributed by atoms with Gasteiger partial charge in [-0.2, -0.15) is 5.10 Å². The number of nitrogens with one attached hydrogen (secondary N) is 2. The van der Waals surface area contributed by atoms with Crippen LogP contribution < -0.4 is 11.1 Å². The van der Waals surface area contributed by atoms with Gasteiger partial charge in [-0.3, -0.25) is 5.10 Å². The van der Waals surface area contributed by atoms with Gasteiger partial charge >= 0.3 is 0 Å². The molecule has 4 N–H and O–H groups in total. The number of hydrogen-bond donors (Lipinski definition) is 3. The van der Waals surface area contributed by atoms with Crippen molar-refractivity contribution in [3.63, 3.8) is 0 Å². The second kappa shape index (κ2) is 6.49. The Morgan fingerprint density at radius 2 is 2.21 bits per heavy atom. The molecule has 0 amide bonds. The van der Waals surface area contributed by atoms with Gasteiger partial charge in [-0.1, -0.05) is 0 Å². The number of aryl methyl sites for hydroxylation is 1. The number of H-pyrrole nitrogens is 1. The third-order valence-corrected chi connectivity index (χ3v) is 4.99. The summed E-state index contributed by atoms with van der Waals surface area (Å²) < 4.78 is 5.21. The minimum Gasteiger partial charge on any atom is -0.377 e. The highest BCUT2D eigenvalue weighted by Crippen LogP contribution is 2.35. The van der Waals surface area contributed by atoms with Crippen LogP contribution >= 0.6 is 0 Å². The van der Waals surface area contributed by atoms with Crippen molar-refractivity contribution >= 4 is 5.82 Å². The van der Waals surface area contributed by atoms with Gasteiger partial charge in [0.25, 0.3) is 0 Å². The van der Waals surface area contributed by atoms with Gasteiger partial charge < -0.3 is 15.8 Å². The summed E-state index contributed by atoms with van der Waals surface area (Å²) in [5.41, 5.74) is 10.7. The van der Waals surface area contributed by atoms with Crippen molar-refractivity contribution in [1.82, 2.24) is 20.2 Å². The van der Waals surface area contributed by atoms with E-state index in [-0.39, 0.29) is 0 Å². The van der Waals surface area contributed by atoms with Crippen LogP contribution in [-0.4, -0.2) is 33.3 Å². The fourth-order valence-corrected chi connectivity index (χ4v) is 3.62. The molecule has 24 heavy (non-hydrogen) atoms. The molecule has 7 nitrogen and oxygen atoms in total. The van der Waals surface area contributed by atoms with Crippen molar-refractivity contribution in [1.29, 1.82) is 0 Å². The first-order chi connectivity index (χ1) is 11.7. The fraction of sp³-hybridized carbons (Fsp3) is 0.588.